The highest BCUT2D eigenvalue weighted by atomic mass is 14.7. The van der Waals surface area contributed by atoms with Crippen LogP contribution in [0.15, 0.2) is 0 Å². The maximum atomic E-state index is 5.84. The number of nitrogens with two attached hydrogens (primary N) is 2. The molecular weight excluding hydrogens is 124 g/mol. The van der Waals surface area contributed by atoms with Gasteiger partial charge in [0, 0.05) is 12.1 Å². The minimum Gasteiger partial charge on any atom is -0.328 e. The number of hydrogen-bond acceptors (Lipinski definition) is 2. The van der Waals surface area contributed by atoms with Crippen molar-refractivity contribution in [3.8, 4) is 0 Å². The van der Waals surface area contributed by atoms with Crippen LogP contribution in [-0.2, 0) is 0 Å². The van der Waals surface area contributed by atoms with E-state index in [1.54, 1.807) is 0 Å². The van der Waals surface area contributed by atoms with E-state index < -0.39 is 0 Å². The van der Waals surface area contributed by atoms with E-state index in [1.165, 1.54) is 6.42 Å². The summed E-state index contributed by atoms with van der Waals surface area (Å²) in [5.41, 5.74) is 11.6. The lowest BCUT2D eigenvalue weighted by molar-refractivity contribution is 0.469. The highest BCUT2D eigenvalue weighted by Gasteiger charge is 2.18. The summed E-state index contributed by atoms with van der Waals surface area (Å²) in [7, 11) is 0. The molecule has 0 aromatic rings. The molecule has 0 aromatic carbocycles. The second-order valence-electron chi connectivity index (χ2n) is 3.67. The van der Waals surface area contributed by atoms with Gasteiger partial charge in [-0.15, -0.1) is 0 Å². The van der Waals surface area contributed by atoms with Crippen molar-refractivity contribution >= 4 is 0 Å². The van der Waals surface area contributed by atoms with Gasteiger partial charge in [-0.25, -0.2) is 0 Å². The van der Waals surface area contributed by atoms with E-state index in [0.29, 0.717) is 12.1 Å². The van der Waals surface area contributed by atoms with Crippen LogP contribution in [0.3, 0.4) is 0 Å². The first-order valence-electron chi connectivity index (χ1n) is 4.19. The molecule has 0 spiro atoms. The molecule has 2 nitrogen and oxygen atoms in total. The lowest BCUT2D eigenvalue weighted by Crippen LogP contribution is -2.29. The van der Waals surface area contributed by atoms with Gasteiger partial charge in [0.2, 0.25) is 0 Å². The van der Waals surface area contributed by atoms with E-state index in [-0.39, 0.29) is 0 Å². The molecule has 0 radical (unpaired) electrons. The van der Waals surface area contributed by atoms with Gasteiger partial charge in [-0.3, -0.25) is 0 Å². The third kappa shape index (κ3) is 2.27. The van der Waals surface area contributed by atoms with Crippen LogP contribution in [0, 0.1) is 5.92 Å². The van der Waals surface area contributed by atoms with Crippen molar-refractivity contribution in [3.63, 3.8) is 0 Å². The van der Waals surface area contributed by atoms with Gasteiger partial charge in [-0.05, 0) is 31.6 Å². The fourth-order valence-corrected chi connectivity index (χ4v) is 1.74. The SMILES string of the molecule is CC1CCC(N)CC(N)C1. The molecule has 0 aromatic heterocycles. The molecule has 0 amide bonds. The zero-order valence-corrected chi connectivity index (χ0v) is 6.72. The van der Waals surface area contributed by atoms with Crippen molar-refractivity contribution in [2.75, 3.05) is 0 Å². The van der Waals surface area contributed by atoms with Gasteiger partial charge in [0.15, 0.2) is 0 Å². The van der Waals surface area contributed by atoms with Gasteiger partial charge in [0.25, 0.3) is 0 Å². The highest BCUT2D eigenvalue weighted by molar-refractivity contribution is 4.77. The van der Waals surface area contributed by atoms with Gasteiger partial charge >= 0.3 is 0 Å². The van der Waals surface area contributed by atoms with E-state index in [4.69, 9.17) is 11.5 Å². The molecule has 1 aliphatic rings. The second kappa shape index (κ2) is 3.35. The van der Waals surface area contributed by atoms with Gasteiger partial charge in [-0.2, -0.15) is 0 Å². The molecule has 0 heterocycles. The van der Waals surface area contributed by atoms with Crippen LogP contribution in [-0.4, -0.2) is 12.1 Å². The van der Waals surface area contributed by atoms with Crippen molar-refractivity contribution in [2.45, 2.75) is 44.7 Å². The monoisotopic (exact) mass is 142 g/mol. The summed E-state index contributed by atoms with van der Waals surface area (Å²) in [5, 5.41) is 0. The molecule has 60 valence electrons. The van der Waals surface area contributed by atoms with Crippen LogP contribution in [0.1, 0.15) is 32.6 Å². The Kier molecular flexibility index (Phi) is 2.69. The van der Waals surface area contributed by atoms with Gasteiger partial charge in [-0.1, -0.05) is 6.92 Å². The topological polar surface area (TPSA) is 52.0 Å². The second-order valence-corrected chi connectivity index (χ2v) is 3.67. The van der Waals surface area contributed by atoms with E-state index in [2.05, 4.69) is 6.92 Å². The summed E-state index contributed by atoms with van der Waals surface area (Å²) in [4.78, 5) is 0. The van der Waals surface area contributed by atoms with E-state index in [0.717, 1.165) is 25.2 Å². The summed E-state index contributed by atoms with van der Waals surface area (Å²) in [5.74, 6) is 0.781. The lowest BCUT2D eigenvalue weighted by atomic mass is 10.0. The van der Waals surface area contributed by atoms with Crippen molar-refractivity contribution < 1.29 is 0 Å². The van der Waals surface area contributed by atoms with Gasteiger partial charge in [0.1, 0.15) is 0 Å². The molecule has 0 aliphatic heterocycles. The average Bonchev–Trinajstić information content (AvgIpc) is 1.93. The van der Waals surface area contributed by atoms with Crippen LogP contribution in [0.5, 0.6) is 0 Å². The lowest BCUT2D eigenvalue weighted by Gasteiger charge is -2.11. The predicted molar refractivity (Wildman–Crippen MR) is 43.6 cm³/mol. The Morgan fingerprint density at radius 2 is 1.70 bits per heavy atom. The molecule has 1 saturated carbocycles. The maximum Gasteiger partial charge on any atom is 0.00560 e. The van der Waals surface area contributed by atoms with Crippen LogP contribution in [0.2, 0.25) is 0 Å². The normalized spacial score (nSPS) is 42.9. The van der Waals surface area contributed by atoms with Crippen molar-refractivity contribution in [1.82, 2.24) is 0 Å². The van der Waals surface area contributed by atoms with Crippen molar-refractivity contribution in [3.05, 3.63) is 0 Å². The summed E-state index contributed by atoms with van der Waals surface area (Å²) in [6, 6.07) is 0.715. The predicted octanol–water partition coefficient (Wildman–Crippen LogP) is 0.851. The fraction of sp³-hybridized carbons (Fsp3) is 1.00. The maximum absolute atomic E-state index is 5.84. The molecule has 0 saturated heterocycles. The summed E-state index contributed by atoms with van der Waals surface area (Å²) < 4.78 is 0. The zero-order chi connectivity index (χ0) is 7.56. The molecule has 3 atom stereocenters. The molecule has 4 N–H and O–H groups in total. The Morgan fingerprint density at radius 1 is 1.00 bits per heavy atom. The smallest absolute Gasteiger partial charge is 0.00560 e. The minimum absolute atomic E-state index is 0.354. The van der Waals surface area contributed by atoms with Crippen LogP contribution in [0.4, 0.5) is 0 Å². The first kappa shape index (κ1) is 8.02. The molecule has 1 rings (SSSR count). The van der Waals surface area contributed by atoms with Gasteiger partial charge in [0.05, 0.1) is 0 Å². The largest absolute Gasteiger partial charge is 0.328 e. The number of hydrogen-bond donors (Lipinski definition) is 2. The number of rotatable bonds is 0. The van der Waals surface area contributed by atoms with Crippen LogP contribution < -0.4 is 11.5 Å². The molecule has 3 unspecified atom stereocenters. The Hall–Kier alpha value is -0.0800. The zero-order valence-electron chi connectivity index (χ0n) is 6.72. The molecular formula is C8H18N2. The van der Waals surface area contributed by atoms with Crippen molar-refractivity contribution in [2.24, 2.45) is 17.4 Å². The molecule has 2 heteroatoms. The molecule has 1 aliphatic carbocycles. The van der Waals surface area contributed by atoms with E-state index in [1.807, 2.05) is 0 Å². The van der Waals surface area contributed by atoms with Crippen LogP contribution in [0.25, 0.3) is 0 Å². The third-order valence-corrected chi connectivity index (χ3v) is 2.34. The summed E-state index contributed by atoms with van der Waals surface area (Å²) in [6.45, 7) is 2.26. The van der Waals surface area contributed by atoms with Gasteiger partial charge < -0.3 is 11.5 Å². The Labute approximate surface area is 63.0 Å². The quantitative estimate of drug-likeness (QED) is 0.493. The van der Waals surface area contributed by atoms with Crippen molar-refractivity contribution in [1.29, 1.82) is 0 Å². The Balaban J connectivity index is 2.38. The summed E-state index contributed by atoms with van der Waals surface area (Å²) in [6.07, 6.45) is 4.60. The Morgan fingerprint density at radius 3 is 2.40 bits per heavy atom. The Bertz CT molecular complexity index is 91.4. The first-order chi connectivity index (χ1) is 4.68. The highest BCUT2D eigenvalue weighted by Crippen LogP contribution is 2.20. The fourth-order valence-electron chi connectivity index (χ4n) is 1.74. The molecule has 0 bridgehead atoms. The van der Waals surface area contributed by atoms with Crippen LogP contribution >= 0.6 is 0 Å². The first-order valence-corrected chi connectivity index (χ1v) is 4.19. The third-order valence-electron chi connectivity index (χ3n) is 2.34. The van der Waals surface area contributed by atoms with E-state index in [9.17, 15) is 0 Å². The minimum atomic E-state index is 0.354. The summed E-state index contributed by atoms with van der Waals surface area (Å²) >= 11 is 0. The average molecular weight is 142 g/mol. The molecule has 10 heavy (non-hydrogen) atoms. The van der Waals surface area contributed by atoms with E-state index >= 15 is 0 Å². The standard InChI is InChI=1S/C8H18N2/c1-6-2-3-7(9)5-8(10)4-6/h6-8H,2-5,9-10H2,1H3. The molecule has 1 fully saturated rings.